The van der Waals surface area contributed by atoms with Crippen LogP contribution in [0.2, 0.25) is 0 Å². The first kappa shape index (κ1) is 12.9. The van der Waals surface area contributed by atoms with E-state index in [-0.39, 0.29) is 17.5 Å². The largest absolute Gasteiger partial charge is 0.505 e. The molecule has 1 aromatic rings. The molecule has 0 unspecified atom stereocenters. The number of halogens is 1. The zero-order valence-electron chi connectivity index (χ0n) is 10.2. The molecule has 1 aliphatic rings. The molecule has 4 N–H and O–H groups in total. The maximum absolute atomic E-state index is 13.2. The van der Waals surface area contributed by atoms with Crippen molar-refractivity contribution in [2.45, 2.75) is 6.04 Å². The number of aromatic hydroxyl groups is 1. The van der Waals surface area contributed by atoms with Crippen LogP contribution in [0.1, 0.15) is 11.6 Å². The van der Waals surface area contributed by atoms with Gasteiger partial charge in [-0.25, -0.2) is 4.39 Å². The number of piperazine rings is 1. The molecule has 18 heavy (non-hydrogen) atoms. The van der Waals surface area contributed by atoms with Gasteiger partial charge in [0.2, 0.25) is 0 Å². The van der Waals surface area contributed by atoms with Gasteiger partial charge >= 0.3 is 0 Å². The highest BCUT2D eigenvalue weighted by molar-refractivity contribution is 5.58. The number of nitrogens with zero attached hydrogens (tertiary/aromatic N) is 1. The maximum atomic E-state index is 13.2. The molecule has 0 bridgehead atoms. The molecule has 0 radical (unpaired) electrons. The van der Waals surface area contributed by atoms with Gasteiger partial charge in [-0.2, -0.15) is 0 Å². The normalized spacial score (nSPS) is 18.5. The Morgan fingerprint density at radius 2 is 2.11 bits per heavy atom. The second-order valence-corrected chi connectivity index (χ2v) is 4.37. The number of nitrogens with one attached hydrogen (secondary N) is 1. The average Bonchev–Trinajstić information content (AvgIpc) is 2.41. The topological polar surface area (TPSA) is 61.5 Å². The summed E-state index contributed by atoms with van der Waals surface area (Å²) in [4.78, 5) is 2.18. The lowest BCUT2D eigenvalue weighted by Gasteiger charge is -2.33. The Kier molecular flexibility index (Phi) is 3.84. The lowest BCUT2D eigenvalue weighted by molar-refractivity contribution is 0.201. The summed E-state index contributed by atoms with van der Waals surface area (Å²) in [7, 11) is 0. The Labute approximate surface area is 106 Å². The van der Waals surface area contributed by atoms with E-state index in [2.05, 4.69) is 16.8 Å². The molecule has 1 saturated heterocycles. The maximum Gasteiger partial charge on any atom is 0.149 e. The van der Waals surface area contributed by atoms with E-state index in [0.29, 0.717) is 5.56 Å². The number of phenolic OH excluding ortho intramolecular Hbond substituents is 1. The van der Waals surface area contributed by atoms with Gasteiger partial charge in [-0.3, -0.25) is 4.90 Å². The van der Waals surface area contributed by atoms with Gasteiger partial charge in [0, 0.05) is 31.7 Å². The minimum Gasteiger partial charge on any atom is -0.505 e. The molecule has 1 atom stereocenters. The summed E-state index contributed by atoms with van der Waals surface area (Å²) in [6.07, 6.45) is 1.75. The molecule has 1 heterocycles. The molecule has 0 aliphatic carbocycles. The van der Waals surface area contributed by atoms with Gasteiger partial charge in [0.1, 0.15) is 17.3 Å². The van der Waals surface area contributed by atoms with Crippen molar-refractivity contribution in [3.8, 4) is 5.75 Å². The van der Waals surface area contributed by atoms with Crippen LogP contribution in [0.4, 0.5) is 10.1 Å². The second-order valence-electron chi connectivity index (χ2n) is 4.37. The first-order valence-electron chi connectivity index (χ1n) is 5.99. The number of nitrogens with two attached hydrogens (primary N) is 1. The van der Waals surface area contributed by atoms with E-state index >= 15 is 0 Å². The molecule has 4 nitrogen and oxygen atoms in total. The number of nitrogen functional groups attached to an aromatic ring is 1. The molecule has 0 amide bonds. The van der Waals surface area contributed by atoms with E-state index in [4.69, 9.17) is 5.73 Å². The van der Waals surface area contributed by atoms with Crippen LogP contribution < -0.4 is 11.1 Å². The molecular formula is C13H18FN3O. The first-order chi connectivity index (χ1) is 8.65. The van der Waals surface area contributed by atoms with Crippen LogP contribution in [0, 0.1) is 5.82 Å². The Morgan fingerprint density at radius 3 is 2.72 bits per heavy atom. The highest BCUT2D eigenvalue weighted by Gasteiger charge is 2.23. The summed E-state index contributed by atoms with van der Waals surface area (Å²) in [6.45, 7) is 7.29. The summed E-state index contributed by atoms with van der Waals surface area (Å²) in [6, 6.07) is 2.70. The highest BCUT2D eigenvalue weighted by Crippen LogP contribution is 2.35. The van der Waals surface area contributed by atoms with Gasteiger partial charge in [0.15, 0.2) is 0 Å². The number of benzene rings is 1. The van der Waals surface area contributed by atoms with Gasteiger partial charge in [-0.1, -0.05) is 12.1 Å². The molecule has 2 rings (SSSR count). The summed E-state index contributed by atoms with van der Waals surface area (Å²) in [5.41, 5.74) is 5.92. The van der Waals surface area contributed by atoms with Crippen LogP contribution in [0.15, 0.2) is 24.8 Å². The number of anilines is 1. The van der Waals surface area contributed by atoms with Crippen LogP contribution in [-0.4, -0.2) is 36.2 Å². The number of hydrogen-bond donors (Lipinski definition) is 3. The fraction of sp³-hybridized carbons (Fsp3) is 0.385. The van der Waals surface area contributed by atoms with Crippen LogP contribution in [0.5, 0.6) is 5.75 Å². The van der Waals surface area contributed by atoms with E-state index in [1.54, 1.807) is 12.1 Å². The van der Waals surface area contributed by atoms with Gasteiger partial charge in [-0.05, 0) is 6.07 Å². The van der Waals surface area contributed by atoms with Crippen LogP contribution in [0.25, 0.3) is 0 Å². The fourth-order valence-corrected chi connectivity index (χ4v) is 2.27. The van der Waals surface area contributed by atoms with E-state index in [9.17, 15) is 9.50 Å². The molecular weight excluding hydrogens is 233 g/mol. The minimum absolute atomic E-state index is 0.144. The van der Waals surface area contributed by atoms with E-state index < -0.39 is 5.82 Å². The van der Waals surface area contributed by atoms with Gasteiger partial charge in [-0.15, -0.1) is 6.58 Å². The van der Waals surface area contributed by atoms with E-state index in [1.165, 1.54) is 6.07 Å². The van der Waals surface area contributed by atoms with Crippen molar-refractivity contribution in [1.82, 2.24) is 10.2 Å². The van der Waals surface area contributed by atoms with Crippen LogP contribution >= 0.6 is 0 Å². The van der Waals surface area contributed by atoms with Crippen molar-refractivity contribution in [2.75, 3.05) is 31.9 Å². The first-order valence-corrected chi connectivity index (χ1v) is 5.99. The SMILES string of the molecule is C=C[C@@H](c1ccc(F)c(N)c1O)N1CCNCC1. The Balaban J connectivity index is 2.32. The van der Waals surface area contributed by atoms with Crippen molar-refractivity contribution < 1.29 is 9.50 Å². The van der Waals surface area contributed by atoms with Crippen LogP contribution in [-0.2, 0) is 0 Å². The Bertz CT molecular complexity index is 444. The summed E-state index contributed by atoms with van der Waals surface area (Å²) >= 11 is 0. The van der Waals surface area contributed by atoms with E-state index in [0.717, 1.165) is 26.2 Å². The predicted molar refractivity (Wildman–Crippen MR) is 69.9 cm³/mol. The van der Waals surface area contributed by atoms with Crippen LogP contribution in [0.3, 0.4) is 0 Å². The highest BCUT2D eigenvalue weighted by atomic mass is 19.1. The number of hydrogen-bond acceptors (Lipinski definition) is 4. The summed E-state index contributed by atoms with van der Waals surface area (Å²) in [5, 5.41) is 13.2. The van der Waals surface area contributed by atoms with Crippen molar-refractivity contribution in [1.29, 1.82) is 0 Å². The van der Waals surface area contributed by atoms with Crippen molar-refractivity contribution in [2.24, 2.45) is 0 Å². The standard InChI is InChI=1S/C13H18FN3O/c1-2-11(17-7-5-16-6-8-17)9-3-4-10(14)12(15)13(9)18/h2-4,11,16,18H,1,5-8,15H2/t11-/m0/s1. The van der Waals surface area contributed by atoms with Gasteiger partial charge in [0.05, 0.1) is 6.04 Å². The zero-order chi connectivity index (χ0) is 13.1. The van der Waals surface area contributed by atoms with Crippen molar-refractivity contribution in [3.63, 3.8) is 0 Å². The third-order valence-corrected chi connectivity index (χ3v) is 3.28. The quantitative estimate of drug-likeness (QED) is 0.430. The number of phenols is 1. The Hall–Kier alpha value is -1.59. The molecule has 1 aromatic carbocycles. The third-order valence-electron chi connectivity index (χ3n) is 3.28. The molecule has 0 spiro atoms. The second kappa shape index (κ2) is 5.37. The summed E-state index contributed by atoms with van der Waals surface area (Å²) in [5.74, 6) is -0.780. The number of rotatable bonds is 3. The zero-order valence-corrected chi connectivity index (χ0v) is 10.2. The minimum atomic E-state index is -0.598. The molecule has 0 aromatic heterocycles. The lowest BCUT2D eigenvalue weighted by atomic mass is 10.0. The molecule has 1 aliphatic heterocycles. The van der Waals surface area contributed by atoms with Gasteiger partial charge in [0.25, 0.3) is 0 Å². The molecule has 1 fully saturated rings. The van der Waals surface area contributed by atoms with Gasteiger partial charge < -0.3 is 16.2 Å². The molecule has 0 saturated carbocycles. The summed E-state index contributed by atoms with van der Waals surface area (Å²) < 4.78 is 13.2. The predicted octanol–water partition coefficient (Wildman–Crippen LogP) is 1.25. The molecule has 5 heteroatoms. The average molecular weight is 251 g/mol. The fourth-order valence-electron chi connectivity index (χ4n) is 2.27. The third kappa shape index (κ3) is 2.32. The van der Waals surface area contributed by atoms with Crippen molar-refractivity contribution >= 4 is 5.69 Å². The monoisotopic (exact) mass is 251 g/mol. The van der Waals surface area contributed by atoms with E-state index in [1.807, 2.05) is 0 Å². The Morgan fingerprint density at radius 1 is 1.44 bits per heavy atom. The lowest BCUT2D eigenvalue weighted by Crippen LogP contribution is -2.44. The van der Waals surface area contributed by atoms with Crippen molar-refractivity contribution in [3.05, 3.63) is 36.2 Å². The smallest absolute Gasteiger partial charge is 0.149 e. The molecule has 98 valence electrons.